The average molecular weight is 351 g/mol. The van der Waals surface area contributed by atoms with Crippen molar-refractivity contribution in [2.24, 2.45) is 0 Å². The predicted octanol–water partition coefficient (Wildman–Crippen LogP) is 6.33. The Morgan fingerprint density at radius 2 is 1.29 bits per heavy atom. The molecular formula is C21H34O2S. The Morgan fingerprint density at radius 1 is 0.750 bits per heavy atom. The van der Waals surface area contributed by atoms with E-state index >= 15 is 0 Å². The highest BCUT2D eigenvalue weighted by Gasteiger charge is 2.12. The van der Waals surface area contributed by atoms with Gasteiger partial charge in [0.15, 0.2) is 9.84 Å². The van der Waals surface area contributed by atoms with Gasteiger partial charge < -0.3 is 0 Å². The van der Waals surface area contributed by atoms with Gasteiger partial charge in [-0.3, -0.25) is 0 Å². The van der Waals surface area contributed by atoms with Crippen LogP contribution in [-0.2, 0) is 9.84 Å². The van der Waals surface area contributed by atoms with Crippen LogP contribution in [-0.4, -0.2) is 14.2 Å². The van der Waals surface area contributed by atoms with Crippen LogP contribution in [0.1, 0.15) is 77.6 Å². The number of hydrogen-bond acceptors (Lipinski definition) is 2. The highest BCUT2D eigenvalue weighted by molar-refractivity contribution is 7.91. The molecule has 0 spiro atoms. The topological polar surface area (TPSA) is 34.1 Å². The Balaban J connectivity index is 1.97. The van der Waals surface area contributed by atoms with E-state index < -0.39 is 9.84 Å². The first-order valence-corrected chi connectivity index (χ1v) is 11.2. The van der Waals surface area contributed by atoms with Gasteiger partial charge in [-0.25, -0.2) is 8.42 Å². The van der Waals surface area contributed by atoms with E-state index in [9.17, 15) is 8.42 Å². The van der Waals surface area contributed by atoms with Crippen molar-refractivity contribution in [3.63, 3.8) is 0 Å². The van der Waals surface area contributed by atoms with Crippen molar-refractivity contribution in [2.75, 3.05) is 5.75 Å². The standard InChI is InChI=1S/C21H34O2S/c1-2-3-4-5-6-7-8-9-10-11-12-13-17-20-24(22,23)21-18-15-14-16-19-21/h6-7,14-16,18-19H,2-5,8-13,17,20H2,1H3/b7-6-. The zero-order valence-electron chi connectivity index (χ0n) is 15.3. The molecule has 0 radical (unpaired) electrons. The molecule has 0 unspecified atom stereocenters. The van der Waals surface area contributed by atoms with Crippen LogP contribution < -0.4 is 0 Å². The van der Waals surface area contributed by atoms with E-state index in [-0.39, 0.29) is 5.75 Å². The quantitative estimate of drug-likeness (QED) is 0.290. The third-order valence-electron chi connectivity index (χ3n) is 4.28. The van der Waals surface area contributed by atoms with Crippen LogP contribution in [0.3, 0.4) is 0 Å². The molecule has 0 saturated heterocycles. The molecule has 0 aliphatic carbocycles. The minimum absolute atomic E-state index is 0.275. The number of hydrogen-bond donors (Lipinski definition) is 0. The lowest BCUT2D eigenvalue weighted by molar-refractivity contribution is 0.581. The molecule has 0 aliphatic heterocycles. The first-order valence-electron chi connectivity index (χ1n) is 9.59. The molecule has 0 aromatic heterocycles. The SMILES string of the molecule is CCCCC/C=C\CCCCCCCCS(=O)(=O)c1ccccc1. The number of benzene rings is 1. The summed E-state index contributed by atoms with van der Waals surface area (Å²) >= 11 is 0. The molecule has 0 N–H and O–H groups in total. The molecule has 0 aliphatic rings. The Morgan fingerprint density at radius 3 is 1.92 bits per heavy atom. The molecule has 3 heteroatoms. The molecule has 1 aromatic carbocycles. The molecule has 0 saturated carbocycles. The number of unbranched alkanes of at least 4 members (excludes halogenated alkanes) is 9. The Kier molecular flexibility index (Phi) is 11.5. The van der Waals surface area contributed by atoms with Crippen molar-refractivity contribution < 1.29 is 8.42 Å². The first kappa shape index (κ1) is 21.0. The van der Waals surface area contributed by atoms with Gasteiger partial charge in [0, 0.05) is 0 Å². The lowest BCUT2D eigenvalue weighted by Crippen LogP contribution is -2.06. The van der Waals surface area contributed by atoms with Gasteiger partial charge >= 0.3 is 0 Å². The Labute approximate surface area is 149 Å². The van der Waals surface area contributed by atoms with Crippen molar-refractivity contribution in [1.82, 2.24) is 0 Å². The highest BCUT2D eigenvalue weighted by atomic mass is 32.2. The van der Waals surface area contributed by atoms with Gasteiger partial charge in [-0.15, -0.1) is 0 Å². The summed E-state index contributed by atoms with van der Waals surface area (Å²) in [6.07, 6.45) is 17.7. The lowest BCUT2D eigenvalue weighted by Gasteiger charge is -2.04. The van der Waals surface area contributed by atoms with Crippen LogP contribution in [0.2, 0.25) is 0 Å². The average Bonchev–Trinajstić information content (AvgIpc) is 2.60. The van der Waals surface area contributed by atoms with Gasteiger partial charge in [0.05, 0.1) is 10.6 Å². The summed E-state index contributed by atoms with van der Waals surface area (Å²) in [5, 5.41) is 0. The van der Waals surface area contributed by atoms with Crippen LogP contribution in [0, 0.1) is 0 Å². The van der Waals surface area contributed by atoms with Crippen LogP contribution in [0.4, 0.5) is 0 Å². The van der Waals surface area contributed by atoms with E-state index in [2.05, 4.69) is 19.1 Å². The molecule has 136 valence electrons. The summed E-state index contributed by atoms with van der Waals surface area (Å²) in [5.74, 6) is 0.275. The Hall–Kier alpha value is -1.09. The largest absolute Gasteiger partial charge is 0.224 e. The molecule has 1 aromatic rings. The summed E-state index contributed by atoms with van der Waals surface area (Å²) in [5.41, 5.74) is 0. The van der Waals surface area contributed by atoms with Crippen LogP contribution >= 0.6 is 0 Å². The van der Waals surface area contributed by atoms with Gasteiger partial charge in [0.1, 0.15) is 0 Å². The van der Waals surface area contributed by atoms with Gasteiger partial charge in [0.25, 0.3) is 0 Å². The third kappa shape index (κ3) is 9.92. The maximum absolute atomic E-state index is 12.1. The summed E-state index contributed by atoms with van der Waals surface area (Å²) in [4.78, 5) is 0.454. The second kappa shape index (κ2) is 13.2. The molecular weight excluding hydrogens is 316 g/mol. The van der Waals surface area contributed by atoms with Crippen LogP contribution in [0.15, 0.2) is 47.4 Å². The molecule has 0 heterocycles. The van der Waals surface area contributed by atoms with E-state index in [1.807, 2.05) is 6.07 Å². The van der Waals surface area contributed by atoms with Crippen LogP contribution in [0.25, 0.3) is 0 Å². The van der Waals surface area contributed by atoms with E-state index in [1.54, 1.807) is 24.3 Å². The first-order chi connectivity index (χ1) is 11.7. The van der Waals surface area contributed by atoms with Crippen molar-refractivity contribution in [3.05, 3.63) is 42.5 Å². The lowest BCUT2D eigenvalue weighted by atomic mass is 10.1. The molecule has 1 rings (SSSR count). The van der Waals surface area contributed by atoms with Crippen molar-refractivity contribution in [2.45, 2.75) is 82.4 Å². The minimum atomic E-state index is -3.08. The smallest absolute Gasteiger partial charge is 0.178 e. The number of allylic oxidation sites excluding steroid dienone is 2. The molecule has 2 nitrogen and oxygen atoms in total. The minimum Gasteiger partial charge on any atom is -0.224 e. The van der Waals surface area contributed by atoms with E-state index in [4.69, 9.17) is 0 Å². The number of rotatable bonds is 14. The van der Waals surface area contributed by atoms with Crippen LogP contribution in [0.5, 0.6) is 0 Å². The fraction of sp³-hybridized carbons (Fsp3) is 0.619. The van der Waals surface area contributed by atoms with E-state index in [0.717, 1.165) is 19.3 Å². The fourth-order valence-electron chi connectivity index (χ4n) is 2.75. The normalized spacial score (nSPS) is 12.0. The summed E-state index contributed by atoms with van der Waals surface area (Å²) in [6, 6.07) is 8.78. The van der Waals surface area contributed by atoms with Gasteiger partial charge in [0.2, 0.25) is 0 Å². The zero-order chi connectivity index (χ0) is 17.5. The van der Waals surface area contributed by atoms with E-state index in [1.165, 1.54) is 51.4 Å². The Bertz CT molecular complexity index is 532. The van der Waals surface area contributed by atoms with Crippen molar-refractivity contribution in [3.8, 4) is 0 Å². The molecule has 24 heavy (non-hydrogen) atoms. The molecule has 0 fully saturated rings. The second-order valence-corrected chi connectivity index (χ2v) is 8.62. The van der Waals surface area contributed by atoms with Crippen molar-refractivity contribution in [1.29, 1.82) is 0 Å². The fourth-order valence-corrected chi connectivity index (χ4v) is 4.15. The molecule has 0 atom stereocenters. The highest BCUT2D eigenvalue weighted by Crippen LogP contribution is 2.14. The zero-order valence-corrected chi connectivity index (χ0v) is 16.1. The van der Waals surface area contributed by atoms with Crippen molar-refractivity contribution >= 4 is 9.84 Å². The summed E-state index contributed by atoms with van der Waals surface area (Å²) in [6.45, 7) is 2.24. The number of sulfone groups is 1. The van der Waals surface area contributed by atoms with E-state index in [0.29, 0.717) is 4.90 Å². The maximum Gasteiger partial charge on any atom is 0.178 e. The monoisotopic (exact) mass is 350 g/mol. The second-order valence-electron chi connectivity index (χ2n) is 6.51. The van der Waals surface area contributed by atoms with Gasteiger partial charge in [-0.1, -0.05) is 75.8 Å². The maximum atomic E-state index is 12.1. The third-order valence-corrected chi connectivity index (χ3v) is 6.09. The predicted molar refractivity (Wildman–Crippen MR) is 104 cm³/mol. The summed E-state index contributed by atoms with van der Waals surface area (Å²) in [7, 11) is -3.08. The molecule has 0 bridgehead atoms. The molecule has 0 amide bonds. The van der Waals surface area contributed by atoms with Gasteiger partial charge in [-0.2, -0.15) is 0 Å². The summed E-state index contributed by atoms with van der Waals surface area (Å²) < 4.78 is 24.3. The van der Waals surface area contributed by atoms with Gasteiger partial charge in [-0.05, 0) is 44.2 Å².